The lowest BCUT2D eigenvalue weighted by atomic mass is 10.2. The second kappa shape index (κ2) is 9.99. The molecule has 8 nitrogen and oxygen atoms in total. The van der Waals surface area contributed by atoms with E-state index < -0.39 is 10.0 Å². The Morgan fingerprint density at radius 3 is 2.52 bits per heavy atom. The largest absolute Gasteiger partial charge is 0.497 e. The molecule has 0 spiro atoms. The van der Waals surface area contributed by atoms with Crippen molar-refractivity contribution in [1.29, 1.82) is 0 Å². The van der Waals surface area contributed by atoms with E-state index in [1.54, 1.807) is 31.4 Å². The van der Waals surface area contributed by atoms with E-state index in [9.17, 15) is 13.2 Å². The summed E-state index contributed by atoms with van der Waals surface area (Å²) < 4.78 is 37.6. The summed E-state index contributed by atoms with van der Waals surface area (Å²) in [4.78, 5) is 17.0. The molecule has 0 unspecified atom stereocenters. The average Bonchev–Trinajstić information content (AvgIpc) is 3.50. The Morgan fingerprint density at radius 2 is 1.85 bits per heavy atom. The molecule has 0 bridgehead atoms. The second-order valence-corrected chi connectivity index (χ2v) is 9.65. The molecule has 10 heteroatoms. The number of hydrogen-bond donors (Lipinski definition) is 2. The summed E-state index contributed by atoms with van der Waals surface area (Å²) >= 11 is 1.46. The van der Waals surface area contributed by atoms with Crippen LogP contribution in [0.3, 0.4) is 0 Å². The van der Waals surface area contributed by atoms with Gasteiger partial charge < -0.3 is 14.5 Å². The molecule has 4 aromatic rings. The van der Waals surface area contributed by atoms with Gasteiger partial charge in [0.05, 0.1) is 36.9 Å². The van der Waals surface area contributed by atoms with Crippen LogP contribution in [0.5, 0.6) is 5.75 Å². The van der Waals surface area contributed by atoms with Crippen LogP contribution in [0.25, 0.3) is 10.6 Å². The molecule has 0 aliphatic carbocycles. The van der Waals surface area contributed by atoms with Crippen molar-refractivity contribution in [2.75, 3.05) is 12.4 Å². The highest BCUT2D eigenvalue weighted by molar-refractivity contribution is 7.89. The van der Waals surface area contributed by atoms with Crippen molar-refractivity contribution in [1.82, 2.24) is 9.71 Å². The third-order valence-corrected chi connectivity index (χ3v) is 7.05. The van der Waals surface area contributed by atoms with Gasteiger partial charge in [-0.1, -0.05) is 0 Å². The molecule has 2 aromatic heterocycles. The van der Waals surface area contributed by atoms with Crippen LogP contribution < -0.4 is 14.8 Å². The third kappa shape index (κ3) is 5.86. The number of carbonyl (C=O) groups is 1. The lowest BCUT2D eigenvalue weighted by Crippen LogP contribution is -2.23. The molecule has 2 heterocycles. The summed E-state index contributed by atoms with van der Waals surface area (Å²) in [6.45, 7) is 0.0555. The molecule has 170 valence electrons. The number of benzene rings is 2. The zero-order chi connectivity index (χ0) is 23.3. The number of amides is 1. The summed E-state index contributed by atoms with van der Waals surface area (Å²) in [5.74, 6) is 1.04. The number of sulfonamides is 1. The van der Waals surface area contributed by atoms with Crippen LogP contribution in [0.2, 0.25) is 0 Å². The SMILES string of the molecule is COc1ccc(-c2nc(CC(=O)Nc3ccc(S(=O)(=O)NCc4ccco4)cc3)cs2)cc1. The molecular weight excluding hydrogens is 462 g/mol. The van der Waals surface area contributed by atoms with Gasteiger partial charge in [0.15, 0.2) is 0 Å². The number of carbonyl (C=O) groups excluding carboxylic acids is 1. The van der Waals surface area contributed by atoms with Crippen LogP contribution >= 0.6 is 11.3 Å². The Morgan fingerprint density at radius 1 is 1.09 bits per heavy atom. The summed E-state index contributed by atoms with van der Waals surface area (Å²) in [7, 11) is -2.09. The fraction of sp³-hybridized carbons (Fsp3) is 0.130. The van der Waals surface area contributed by atoms with E-state index in [4.69, 9.17) is 9.15 Å². The van der Waals surface area contributed by atoms with Crippen molar-refractivity contribution >= 4 is 33.0 Å². The quantitative estimate of drug-likeness (QED) is 0.371. The molecule has 0 radical (unpaired) electrons. The van der Waals surface area contributed by atoms with Crippen LogP contribution in [0, 0.1) is 0 Å². The van der Waals surface area contributed by atoms with Crippen LogP contribution in [-0.2, 0) is 27.8 Å². The van der Waals surface area contributed by atoms with Crippen molar-refractivity contribution in [2.45, 2.75) is 17.9 Å². The monoisotopic (exact) mass is 483 g/mol. The number of anilines is 1. The van der Waals surface area contributed by atoms with Gasteiger partial charge in [-0.3, -0.25) is 4.79 Å². The minimum atomic E-state index is -3.70. The molecule has 33 heavy (non-hydrogen) atoms. The molecule has 4 rings (SSSR count). The minimum Gasteiger partial charge on any atom is -0.497 e. The number of nitrogens with zero attached hydrogens (tertiary/aromatic N) is 1. The molecule has 0 atom stereocenters. The maximum atomic E-state index is 12.4. The van der Waals surface area contributed by atoms with E-state index in [1.165, 1.54) is 29.7 Å². The number of ether oxygens (including phenoxy) is 1. The number of methoxy groups -OCH3 is 1. The number of nitrogens with one attached hydrogen (secondary N) is 2. The Balaban J connectivity index is 1.33. The summed E-state index contributed by atoms with van der Waals surface area (Å²) in [5.41, 5.74) is 2.10. The molecule has 0 fully saturated rings. The van der Waals surface area contributed by atoms with Crippen molar-refractivity contribution in [3.05, 3.63) is 83.8 Å². The molecule has 0 aliphatic rings. The Kier molecular flexibility index (Phi) is 6.87. The van der Waals surface area contributed by atoms with Gasteiger partial charge in [0.25, 0.3) is 0 Å². The Labute approximate surface area is 195 Å². The van der Waals surface area contributed by atoms with Gasteiger partial charge in [0.2, 0.25) is 15.9 Å². The second-order valence-electron chi connectivity index (χ2n) is 7.03. The van der Waals surface area contributed by atoms with Gasteiger partial charge in [-0.05, 0) is 60.7 Å². The van der Waals surface area contributed by atoms with Gasteiger partial charge >= 0.3 is 0 Å². The number of furan rings is 1. The zero-order valence-electron chi connectivity index (χ0n) is 17.6. The predicted molar refractivity (Wildman–Crippen MR) is 126 cm³/mol. The Hall–Kier alpha value is -3.47. The van der Waals surface area contributed by atoms with Crippen LogP contribution in [0.15, 0.2) is 81.6 Å². The van der Waals surface area contributed by atoms with Crippen molar-refractivity contribution in [2.24, 2.45) is 0 Å². The van der Waals surface area contributed by atoms with Crippen LogP contribution in [0.4, 0.5) is 5.69 Å². The molecule has 0 aliphatic heterocycles. The van der Waals surface area contributed by atoms with Crippen molar-refractivity contribution in [3.63, 3.8) is 0 Å². The lowest BCUT2D eigenvalue weighted by Gasteiger charge is -2.08. The first-order chi connectivity index (χ1) is 15.9. The van der Waals surface area contributed by atoms with E-state index in [1.807, 2.05) is 29.6 Å². The summed E-state index contributed by atoms with van der Waals surface area (Å²) in [6, 6.07) is 16.9. The van der Waals surface area contributed by atoms with E-state index in [2.05, 4.69) is 15.0 Å². The first-order valence-corrected chi connectivity index (χ1v) is 12.3. The number of hydrogen-bond acceptors (Lipinski definition) is 7. The van der Waals surface area contributed by atoms with Gasteiger partial charge in [0, 0.05) is 16.6 Å². The van der Waals surface area contributed by atoms with E-state index in [0.717, 1.165) is 16.3 Å². The maximum Gasteiger partial charge on any atom is 0.240 e. The fourth-order valence-electron chi connectivity index (χ4n) is 3.00. The molecule has 1 amide bonds. The molecule has 0 saturated carbocycles. The summed E-state index contributed by atoms with van der Waals surface area (Å²) in [6.07, 6.45) is 1.59. The van der Waals surface area contributed by atoms with Crippen LogP contribution in [-0.4, -0.2) is 26.4 Å². The first kappa shape index (κ1) is 22.7. The average molecular weight is 484 g/mol. The highest BCUT2D eigenvalue weighted by atomic mass is 32.2. The Bertz CT molecular complexity index is 1310. The van der Waals surface area contributed by atoms with Crippen molar-refractivity contribution in [3.8, 4) is 16.3 Å². The number of thiazole rings is 1. The normalized spacial score (nSPS) is 11.3. The molecule has 2 aromatic carbocycles. The smallest absolute Gasteiger partial charge is 0.240 e. The zero-order valence-corrected chi connectivity index (χ0v) is 19.3. The predicted octanol–water partition coefficient (Wildman–Crippen LogP) is 4.07. The fourth-order valence-corrected chi connectivity index (χ4v) is 4.82. The van der Waals surface area contributed by atoms with Crippen molar-refractivity contribution < 1.29 is 22.4 Å². The van der Waals surface area contributed by atoms with E-state index >= 15 is 0 Å². The highest BCUT2D eigenvalue weighted by Crippen LogP contribution is 2.26. The number of aromatic nitrogens is 1. The van der Waals surface area contributed by atoms with Gasteiger partial charge in [-0.2, -0.15) is 0 Å². The van der Waals surface area contributed by atoms with Crippen LogP contribution in [0.1, 0.15) is 11.5 Å². The number of rotatable bonds is 9. The standard InChI is InChI=1S/C23H21N3O5S2/c1-30-19-8-4-16(5-9-19)23-26-18(15-32-23)13-22(27)25-17-6-10-21(11-7-17)33(28,29)24-14-20-3-2-12-31-20/h2-12,15,24H,13-14H2,1H3,(H,25,27). The highest BCUT2D eigenvalue weighted by Gasteiger charge is 2.15. The third-order valence-electron chi connectivity index (χ3n) is 4.70. The minimum absolute atomic E-state index is 0.0555. The molecule has 2 N–H and O–H groups in total. The molecule has 0 saturated heterocycles. The van der Waals surface area contributed by atoms with E-state index in [-0.39, 0.29) is 23.8 Å². The summed E-state index contributed by atoms with van der Waals surface area (Å²) in [5, 5.41) is 5.43. The maximum absolute atomic E-state index is 12.4. The lowest BCUT2D eigenvalue weighted by molar-refractivity contribution is -0.115. The van der Waals surface area contributed by atoms with Gasteiger partial charge in [0.1, 0.15) is 16.5 Å². The first-order valence-electron chi connectivity index (χ1n) is 9.94. The van der Waals surface area contributed by atoms with Gasteiger partial charge in [-0.25, -0.2) is 18.1 Å². The topological polar surface area (TPSA) is 111 Å². The van der Waals surface area contributed by atoms with Gasteiger partial charge in [-0.15, -0.1) is 11.3 Å². The van der Waals surface area contributed by atoms with E-state index in [0.29, 0.717) is 17.1 Å². The molecular formula is C23H21N3O5S2.